The maximum atomic E-state index is 12.3. The molecular formula is C12H13ClN4O2S. The monoisotopic (exact) mass is 312 g/mol. The first kappa shape index (κ1) is 14.6. The topological polar surface area (TPSA) is 97.1 Å². The van der Waals surface area contributed by atoms with Crippen LogP contribution in [0.1, 0.15) is 5.56 Å². The van der Waals surface area contributed by atoms with Gasteiger partial charge in [0.25, 0.3) is 10.0 Å². The second-order valence-corrected chi connectivity index (χ2v) is 6.14. The van der Waals surface area contributed by atoms with Gasteiger partial charge < -0.3 is 5.43 Å². The molecule has 106 valence electrons. The van der Waals surface area contributed by atoms with Gasteiger partial charge in [-0.05, 0) is 30.7 Å². The van der Waals surface area contributed by atoms with Crippen molar-refractivity contribution in [2.45, 2.75) is 11.8 Å². The van der Waals surface area contributed by atoms with Crippen molar-refractivity contribution in [3.63, 3.8) is 0 Å². The number of hydrazine groups is 1. The standard InChI is InChI=1S/C12H13ClN4O2S/c1-8-2-3-9(6-10(8)13)17-20(18,19)12-7-15-5-4-11(12)16-14/h2-7,17H,14H2,1H3,(H,15,16). The molecule has 0 aliphatic rings. The van der Waals surface area contributed by atoms with Gasteiger partial charge in [0, 0.05) is 17.4 Å². The van der Waals surface area contributed by atoms with Crippen LogP contribution in [0.15, 0.2) is 41.6 Å². The average Bonchev–Trinajstić information content (AvgIpc) is 2.42. The van der Waals surface area contributed by atoms with Gasteiger partial charge in [-0.2, -0.15) is 0 Å². The number of benzene rings is 1. The molecule has 2 rings (SSSR count). The van der Waals surface area contributed by atoms with Gasteiger partial charge in [-0.1, -0.05) is 17.7 Å². The van der Waals surface area contributed by atoms with E-state index in [0.29, 0.717) is 10.7 Å². The molecule has 2 aromatic rings. The SMILES string of the molecule is Cc1ccc(NS(=O)(=O)c2cnccc2NN)cc1Cl. The number of nitrogens with two attached hydrogens (primary N) is 1. The molecule has 1 aromatic carbocycles. The zero-order chi connectivity index (χ0) is 14.8. The minimum Gasteiger partial charge on any atom is -0.323 e. The Balaban J connectivity index is 2.38. The lowest BCUT2D eigenvalue weighted by Gasteiger charge is -2.11. The minimum absolute atomic E-state index is 0.0424. The number of hydrogen-bond donors (Lipinski definition) is 3. The summed E-state index contributed by atoms with van der Waals surface area (Å²) in [4.78, 5) is 3.75. The molecule has 1 aromatic heterocycles. The van der Waals surface area contributed by atoms with Gasteiger partial charge in [-0.15, -0.1) is 0 Å². The predicted octanol–water partition coefficient (Wildman–Crippen LogP) is 2.13. The van der Waals surface area contributed by atoms with E-state index in [0.717, 1.165) is 5.56 Å². The van der Waals surface area contributed by atoms with Crippen molar-refractivity contribution in [3.05, 3.63) is 47.2 Å². The first-order valence-corrected chi connectivity index (χ1v) is 7.50. The molecule has 0 spiro atoms. The van der Waals surface area contributed by atoms with Crippen molar-refractivity contribution < 1.29 is 8.42 Å². The number of sulfonamides is 1. The molecule has 0 aliphatic heterocycles. The number of halogens is 1. The number of aromatic nitrogens is 1. The summed E-state index contributed by atoms with van der Waals surface area (Å²) in [7, 11) is -3.80. The number of aryl methyl sites for hydroxylation is 1. The lowest BCUT2D eigenvalue weighted by Crippen LogP contribution is -2.17. The Hall–Kier alpha value is -1.83. The van der Waals surface area contributed by atoms with Crippen molar-refractivity contribution in [1.29, 1.82) is 0 Å². The number of anilines is 2. The van der Waals surface area contributed by atoms with Gasteiger partial charge >= 0.3 is 0 Å². The van der Waals surface area contributed by atoms with Crippen molar-refractivity contribution in [2.24, 2.45) is 5.84 Å². The average molecular weight is 313 g/mol. The molecule has 6 nitrogen and oxygen atoms in total. The first-order chi connectivity index (χ1) is 9.44. The Morgan fingerprint density at radius 1 is 1.30 bits per heavy atom. The summed E-state index contributed by atoms with van der Waals surface area (Å²) in [6.07, 6.45) is 2.66. The Morgan fingerprint density at radius 2 is 2.05 bits per heavy atom. The molecule has 0 unspecified atom stereocenters. The molecule has 0 saturated heterocycles. The number of pyridine rings is 1. The summed E-state index contributed by atoms with van der Waals surface area (Å²) in [5.74, 6) is 5.29. The summed E-state index contributed by atoms with van der Waals surface area (Å²) in [5, 5.41) is 0.480. The van der Waals surface area contributed by atoms with E-state index in [1.165, 1.54) is 18.5 Å². The van der Waals surface area contributed by atoms with Gasteiger partial charge in [-0.3, -0.25) is 15.5 Å². The van der Waals surface area contributed by atoms with Crippen LogP contribution in [0.25, 0.3) is 0 Å². The van der Waals surface area contributed by atoms with Crippen LogP contribution in [0.4, 0.5) is 11.4 Å². The van der Waals surface area contributed by atoms with E-state index < -0.39 is 10.0 Å². The largest absolute Gasteiger partial charge is 0.323 e. The van der Waals surface area contributed by atoms with Gasteiger partial charge in [0.05, 0.1) is 11.4 Å². The van der Waals surface area contributed by atoms with E-state index in [2.05, 4.69) is 15.1 Å². The van der Waals surface area contributed by atoms with Crippen molar-refractivity contribution in [3.8, 4) is 0 Å². The molecule has 0 radical (unpaired) electrons. The molecule has 4 N–H and O–H groups in total. The highest BCUT2D eigenvalue weighted by molar-refractivity contribution is 7.92. The molecule has 8 heteroatoms. The van der Waals surface area contributed by atoms with Crippen LogP contribution in [0, 0.1) is 6.92 Å². The molecule has 0 bridgehead atoms. The molecule has 0 amide bonds. The van der Waals surface area contributed by atoms with Crippen LogP contribution in [0.3, 0.4) is 0 Å². The highest BCUT2D eigenvalue weighted by atomic mass is 35.5. The zero-order valence-corrected chi connectivity index (χ0v) is 12.2. The van der Waals surface area contributed by atoms with E-state index in [1.54, 1.807) is 18.2 Å². The summed E-state index contributed by atoms with van der Waals surface area (Å²) in [6, 6.07) is 6.37. The van der Waals surface area contributed by atoms with Gasteiger partial charge in [0.1, 0.15) is 4.90 Å². The van der Waals surface area contributed by atoms with Crippen LogP contribution >= 0.6 is 11.6 Å². The van der Waals surface area contributed by atoms with E-state index >= 15 is 0 Å². The highest BCUT2D eigenvalue weighted by Crippen LogP contribution is 2.24. The molecule has 0 aliphatic carbocycles. The van der Waals surface area contributed by atoms with Crippen molar-refractivity contribution in [2.75, 3.05) is 10.1 Å². The highest BCUT2D eigenvalue weighted by Gasteiger charge is 2.18. The third-order valence-corrected chi connectivity index (χ3v) is 4.47. The number of rotatable bonds is 4. The third kappa shape index (κ3) is 3.01. The Morgan fingerprint density at radius 3 is 2.70 bits per heavy atom. The maximum absolute atomic E-state index is 12.3. The minimum atomic E-state index is -3.80. The van der Waals surface area contributed by atoms with Crippen LogP contribution in [-0.4, -0.2) is 13.4 Å². The smallest absolute Gasteiger partial charge is 0.265 e. The van der Waals surface area contributed by atoms with Crippen LogP contribution in [0.5, 0.6) is 0 Å². The number of nitrogens with zero attached hydrogens (tertiary/aromatic N) is 1. The quantitative estimate of drug-likeness (QED) is 0.593. The predicted molar refractivity (Wildman–Crippen MR) is 79.0 cm³/mol. The van der Waals surface area contributed by atoms with E-state index in [4.69, 9.17) is 17.4 Å². The lowest BCUT2D eigenvalue weighted by atomic mass is 10.2. The van der Waals surface area contributed by atoms with E-state index in [-0.39, 0.29) is 10.6 Å². The molecule has 1 heterocycles. The second kappa shape index (κ2) is 5.66. The summed E-state index contributed by atoms with van der Waals surface area (Å²) < 4.78 is 27.0. The van der Waals surface area contributed by atoms with E-state index in [9.17, 15) is 8.42 Å². The summed E-state index contributed by atoms with van der Waals surface area (Å²) in [6.45, 7) is 1.83. The third-order valence-electron chi connectivity index (χ3n) is 2.65. The van der Waals surface area contributed by atoms with Crippen LogP contribution in [-0.2, 0) is 10.0 Å². The molecule has 0 fully saturated rings. The number of nitrogen functional groups attached to an aromatic ring is 1. The molecule has 0 saturated carbocycles. The fourth-order valence-electron chi connectivity index (χ4n) is 1.58. The van der Waals surface area contributed by atoms with Gasteiger partial charge in [0.15, 0.2) is 0 Å². The maximum Gasteiger partial charge on any atom is 0.265 e. The second-order valence-electron chi connectivity index (χ2n) is 4.09. The Kier molecular flexibility index (Phi) is 4.12. The van der Waals surface area contributed by atoms with Crippen LogP contribution < -0.4 is 16.0 Å². The zero-order valence-electron chi connectivity index (χ0n) is 10.6. The van der Waals surface area contributed by atoms with Gasteiger partial charge in [-0.25, -0.2) is 8.42 Å². The number of hydrogen-bond acceptors (Lipinski definition) is 5. The molecule has 20 heavy (non-hydrogen) atoms. The van der Waals surface area contributed by atoms with Crippen molar-refractivity contribution >= 4 is 33.0 Å². The van der Waals surface area contributed by atoms with Crippen molar-refractivity contribution in [1.82, 2.24) is 4.98 Å². The summed E-state index contributed by atoms with van der Waals surface area (Å²) >= 11 is 5.97. The molecule has 0 atom stereocenters. The fourth-order valence-corrected chi connectivity index (χ4v) is 2.92. The Labute approximate surface area is 122 Å². The van der Waals surface area contributed by atoms with E-state index in [1.807, 2.05) is 6.92 Å². The van der Waals surface area contributed by atoms with Gasteiger partial charge in [0.2, 0.25) is 0 Å². The Bertz CT molecular complexity index is 734. The normalized spacial score (nSPS) is 11.2. The first-order valence-electron chi connectivity index (χ1n) is 5.63. The van der Waals surface area contributed by atoms with Crippen LogP contribution in [0.2, 0.25) is 5.02 Å². The number of nitrogens with one attached hydrogen (secondary N) is 2. The molecular weight excluding hydrogens is 300 g/mol. The summed E-state index contributed by atoms with van der Waals surface area (Å²) in [5.41, 5.74) is 3.81. The lowest BCUT2D eigenvalue weighted by molar-refractivity contribution is 0.601. The fraction of sp³-hybridized carbons (Fsp3) is 0.0833.